The summed E-state index contributed by atoms with van der Waals surface area (Å²) >= 11 is 0. The summed E-state index contributed by atoms with van der Waals surface area (Å²) in [6, 6.07) is 1.62. The van der Waals surface area contributed by atoms with Gasteiger partial charge < -0.3 is 20.4 Å². The summed E-state index contributed by atoms with van der Waals surface area (Å²) in [6.45, 7) is 0.316. The third-order valence-electron chi connectivity index (χ3n) is 2.87. The average molecular weight is 237 g/mol. The molecule has 1 aromatic heterocycles. The van der Waals surface area contributed by atoms with Gasteiger partial charge in [-0.15, -0.1) is 0 Å². The van der Waals surface area contributed by atoms with Gasteiger partial charge in [0.1, 0.15) is 0 Å². The van der Waals surface area contributed by atoms with Crippen LogP contribution < -0.4 is 5.32 Å². The molecule has 1 fully saturated rings. The molecule has 1 aromatic rings. The first-order valence-electron chi connectivity index (χ1n) is 5.40. The number of β-amino-alcohol motifs (C(OH)–C–C–N with tert-alkyl or cyclic N) is 2. The van der Waals surface area contributed by atoms with Gasteiger partial charge in [0, 0.05) is 26.3 Å². The fourth-order valence-electron chi connectivity index (χ4n) is 1.89. The molecular weight excluding hydrogens is 222 g/mol. The number of pyridine rings is 1. The standard InChI is InChI=1S/C11H15N3O3/c1-12-8-4-13-3-2-7(8)11(17)14-5-9(15)10(16)6-14/h2-4,9-10,12,15-16H,5-6H2,1H3. The molecule has 0 spiro atoms. The highest BCUT2D eigenvalue weighted by molar-refractivity contribution is 5.99. The van der Waals surface area contributed by atoms with Crippen LogP contribution in [0.2, 0.25) is 0 Å². The molecule has 6 heteroatoms. The van der Waals surface area contributed by atoms with Crippen molar-refractivity contribution in [2.75, 3.05) is 25.5 Å². The number of carbonyl (C=O) groups excluding carboxylic acids is 1. The van der Waals surface area contributed by atoms with Crippen LogP contribution in [-0.2, 0) is 0 Å². The van der Waals surface area contributed by atoms with E-state index in [0.29, 0.717) is 11.3 Å². The Kier molecular flexibility index (Phi) is 3.26. The highest BCUT2D eigenvalue weighted by atomic mass is 16.3. The largest absolute Gasteiger partial charge is 0.388 e. The average Bonchev–Trinajstić information content (AvgIpc) is 2.68. The zero-order valence-corrected chi connectivity index (χ0v) is 9.50. The molecule has 1 saturated heterocycles. The molecule has 1 amide bonds. The molecule has 0 aliphatic carbocycles. The van der Waals surface area contributed by atoms with Gasteiger partial charge in [0.15, 0.2) is 0 Å². The van der Waals surface area contributed by atoms with Crippen molar-refractivity contribution in [1.82, 2.24) is 9.88 Å². The van der Waals surface area contributed by atoms with Crippen molar-refractivity contribution in [3.05, 3.63) is 24.0 Å². The summed E-state index contributed by atoms with van der Waals surface area (Å²) in [5, 5.41) is 21.7. The van der Waals surface area contributed by atoms with Crippen LogP contribution in [0.5, 0.6) is 0 Å². The quantitative estimate of drug-likeness (QED) is 0.633. The normalized spacial score (nSPS) is 23.8. The minimum atomic E-state index is -0.862. The molecule has 2 unspecified atom stereocenters. The van der Waals surface area contributed by atoms with Gasteiger partial charge in [-0.3, -0.25) is 9.78 Å². The van der Waals surface area contributed by atoms with E-state index < -0.39 is 12.2 Å². The van der Waals surface area contributed by atoms with Crippen LogP contribution in [-0.4, -0.2) is 58.3 Å². The van der Waals surface area contributed by atoms with Gasteiger partial charge in [-0.2, -0.15) is 0 Å². The lowest BCUT2D eigenvalue weighted by molar-refractivity contribution is 0.0572. The molecule has 2 rings (SSSR count). The second-order valence-corrected chi connectivity index (χ2v) is 4.02. The maximum Gasteiger partial charge on any atom is 0.256 e. The number of hydrogen-bond acceptors (Lipinski definition) is 5. The van der Waals surface area contributed by atoms with Gasteiger partial charge >= 0.3 is 0 Å². The van der Waals surface area contributed by atoms with Crippen LogP contribution in [0.15, 0.2) is 18.5 Å². The van der Waals surface area contributed by atoms with E-state index in [1.54, 1.807) is 19.3 Å². The Hall–Kier alpha value is -1.66. The number of anilines is 1. The van der Waals surface area contributed by atoms with Gasteiger partial charge in [-0.05, 0) is 6.07 Å². The van der Waals surface area contributed by atoms with Crippen molar-refractivity contribution < 1.29 is 15.0 Å². The lowest BCUT2D eigenvalue weighted by Gasteiger charge is -2.17. The van der Waals surface area contributed by atoms with Crippen molar-refractivity contribution in [3.8, 4) is 0 Å². The van der Waals surface area contributed by atoms with Crippen LogP contribution >= 0.6 is 0 Å². The van der Waals surface area contributed by atoms with Crippen molar-refractivity contribution in [1.29, 1.82) is 0 Å². The second-order valence-electron chi connectivity index (χ2n) is 4.02. The zero-order valence-electron chi connectivity index (χ0n) is 9.50. The Labute approximate surface area is 98.9 Å². The number of aliphatic hydroxyl groups excluding tert-OH is 2. The molecular formula is C11H15N3O3. The van der Waals surface area contributed by atoms with Crippen LogP contribution in [0.1, 0.15) is 10.4 Å². The first-order valence-corrected chi connectivity index (χ1v) is 5.40. The van der Waals surface area contributed by atoms with E-state index >= 15 is 0 Å². The van der Waals surface area contributed by atoms with Crippen LogP contribution in [0.4, 0.5) is 5.69 Å². The minimum absolute atomic E-state index is 0.158. The van der Waals surface area contributed by atoms with E-state index in [1.807, 2.05) is 0 Å². The van der Waals surface area contributed by atoms with E-state index in [9.17, 15) is 15.0 Å². The molecule has 2 heterocycles. The monoisotopic (exact) mass is 237 g/mol. The SMILES string of the molecule is CNc1cnccc1C(=O)N1CC(O)C(O)C1. The maximum atomic E-state index is 12.2. The number of carbonyl (C=O) groups is 1. The number of aliphatic hydroxyl groups is 2. The van der Waals surface area contributed by atoms with Crippen molar-refractivity contribution in [3.63, 3.8) is 0 Å². The Morgan fingerprint density at radius 2 is 2.12 bits per heavy atom. The molecule has 6 nitrogen and oxygen atoms in total. The summed E-state index contributed by atoms with van der Waals surface area (Å²) in [7, 11) is 1.71. The van der Waals surface area contributed by atoms with Crippen molar-refractivity contribution >= 4 is 11.6 Å². The Bertz CT molecular complexity index is 414. The van der Waals surface area contributed by atoms with Gasteiger partial charge in [-0.25, -0.2) is 0 Å². The molecule has 0 aromatic carbocycles. The van der Waals surface area contributed by atoms with Crippen LogP contribution in [0.25, 0.3) is 0 Å². The summed E-state index contributed by atoms with van der Waals surface area (Å²) < 4.78 is 0. The lowest BCUT2D eigenvalue weighted by atomic mass is 10.2. The summed E-state index contributed by atoms with van der Waals surface area (Å²) in [5.74, 6) is -0.215. The molecule has 17 heavy (non-hydrogen) atoms. The lowest BCUT2D eigenvalue weighted by Crippen LogP contribution is -2.30. The molecule has 0 saturated carbocycles. The third kappa shape index (κ3) is 2.22. The van der Waals surface area contributed by atoms with E-state index in [-0.39, 0.29) is 19.0 Å². The van der Waals surface area contributed by atoms with Gasteiger partial charge in [0.25, 0.3) is 5.91 Å². The summed E-state index contributed by atoms with van der Waals surface area (Å²) in [4.78, 5) is 17.5. The number of likely N-dealkylation sites (tertiary alicyclic amines) is 1. The maximum absolute atomic E-state index is 12.2. The van der Waals surface area contributed by atoms with E-state index in [4.69, 9.17) is 0 Å². The first kappa shape index (κ1) is 11.8. The van der Waals surface area contributed by atoms with Crippen molar-refractivity contribution in [2.45, 2.75) is 12.2 Å². The van der Waals surface area contributed by atoms with Crippen LogP contribution in [0, 0.1) is 0 Å². The van der Waals surface area contributed by atoms with E-state index in [1.165, 1.54) is 11.1 Å². The Balaban J connectivity index is 2.20. The fraction of sp³-hybridized carbons (Fsp3) is 0.455. The fourth-order valence-corrected chi connectivity index (χ4v) is 1.89. The first-order chi connectivity index (χ1) is 8.13. The minimum Gasteiger partial charge on any atom is -0.388 e. The third-order valence-corrected chi connectivity index (χ3v) is 2.87. The molecule has 3 N–H and O–H groups in total. The van der Waals surface area contributed by atoms with Crippen molar-refractivity contribution in [2.24, 2.45) is 0 Å². The van der Waals surface area contributed by atoms with Gasteiger partial charge in [0.05, 0.1) is 29.7 Å². The van der Waals surface area contributed by atoms with Crippen LogP contribution in [0.3, 0.4) is 0 Å². The second kappa shape index (κ2) is 4.68. The number of hydrogen-bond donors (Lipinski definition) is 3. The molecule has 1 aliphatic heterocycles. The highest BCUT2D eigenvalue weighted by Crippen LogP contribution is 2.19. The highest BCUT2D eigenvalue weighted by Gasteiger charge is 2.33. The molecule has 2 atom stereocenters. The number of amides is 1. The Morgan fingerprint density at radius 3 is 2.71 bits per heavy atom. The number of nitrogens with one attached hydrogen (secondary N) is 1. The molecule has 1 aliphatic rings. The Morgan fingerprint density at radius 1 is 1.47 bits per heavy atom. The number of aromatic nitrogens is 1. The zero-order chi connectivity index (χ0) is 12.4. The summed E-state index contributed by atoms with van der Waals surface area (Å²) in [6.07, 6.45) is 1.38. The number of rotatable bonds is 2. The predicted octanol–water partition coefficient (Wildman–Crippen LogP) is -0.699. The number of nitrogens with zero attached hydrogens (tertiary/aromatic N) is 2. The van der Waals surface area contributed by atoms with E-state index in [2.05, 4.69) is 10.3 Å². The predicted molar refractivity (Wildman–Crippen MR) is 61.7 cm³/mol. The topological polar surface area (TPSA) is 85.7 Å². The van der Waals surface area contributed by atoms with Gasteiger partial charge in [0.2, 0.25) is 0 Å². The summed E-state index contributed by atoms with van der Waals surface area (Å²) in [5.41, 5.74) is 1.12. The molecule has 92 valence electrons. The van der Waals surface area contributed by atoms with E-state index in [0.717, 1.165) is 0 Å². The smallest absolute Gasteiger partial charge is 0.256 e. The van der Waals surface area contributed by atoms with Gasteiger partial charge in [-0.1, -0.05) is 0 Å². The molecule has 0 radical (unpaired) electrons. The molecule has 0 bridgehead atoms.